The van der Waals surface area contributed by atoms with Gasteiger partial charge in [-0.25, -0.2) is 0 Å². The van der Waals surface area contributed by atoms with E-state index in [0.29, 0.717) is 16.5 Å². The average Bonchev–Trinajstić information content (AvgIpc) is 3.07. The van der Waals surface area contributed by atoms with Gasteiger partial charge in [0.05, 0.1) is 17.2 Å². The van der Waals surface area contributed by atoms with Gasteiger partial charge >= 0.3 is 0 Å². The summed E-state index contributed by atoms with van der Waals surface area (Å²) in [5.74, 6) is 0.395. The van der Waals surface area contributed by atoms with Gasteiger partial charge < -0.3 is 16.4 Å². The van der Waals surface area contributed by atoms with Crippen LogP contribution in [0.5, 0.6) is 0 Å². The lowest BCUT2D eigenvalue weighted by atomic mass is 10.1. The van der Waals surface area contributed by atoms with Crippen LogP contribution in [0.3, 0.4) is 0 Å². The molecule has 2 heterocycles. The Bertz CT molecular complexity index is 630. The van der Waals surface area contributed by atoms with Crippen molar-refractivity contribution < 1.29 is 4.79 Å². The average molecular weight is 305 g/mol. The van der Waals surface area contributed by atoms with Crippen LogP contribution >= 0.6 is 11.3 Å². The highest BCUT2D eigenvalue weighted by Gasteiger charge is 2.32. The van der Waals surface area contributed by atoms with Gasteiger partial charge in [-0.15, -0.1) is 11.3 Å². The van der Waals surface area contributed by atoms with Crippen LogP contribution in [0.1, 0.15) is 34.0 Å². The molecule has 7 heteroatoms. The molecule has 0 bridgehead atoms. The van der Waals surface area contributed by atoms with Crippen LogP contribution in [-0.4, -0.2) is 29.3 Å². The van der Waals surface area contributed by atoms with E-state index in [1.165, 1.54) is 11.3 Å². The van der Waals surface area contributed by atoms with E-state index in [1.54, 1.807) is 13.2 Å². The molecule has 1 fully saturated rings. The summed E-state index contributed by atoms with van der Waals surface area (Å²) in [6.07, 6.45) is 6.01. The van der Waals surface area contributed by atoms with E-state index >= 15 is 0 Å². The van der Waals surface area contributed by atoms with E-state index in [2.05, 4.69) is 15.7 Å². The monoisotopic (exact) mass is 305 g/mol. The molecular formula is C14H19N5OS. The summed E-state index contributed by atoms with van der Waals surface area (Å²) < 4.78 is 1.88. The van der Waals surface area contributed by atoms with Crippen molar-refractivity contribution in [3.05, 3.63) is 28.9 Å². The second kappa shape index (κ2) is 5.77. The van der Waals surface area contributed by atoms with Crippen LogP contribution in [-0.2, 0) is 6.54 Å². The molecule has 0 unspecified atom stereocenters. The van der Waals surface area contributed by atoms with Gasteiger partial charge in [0.2, 0.25) is 0 Å². The Balaban J connectivity index is 1.75. The molecule has 2 aromatic rings. The smallest absolute Gasteiger partial charge is 0.263 e. The minimum absolute atomic E-state index is 0.112. The molecule has 2 aromatic heterocycles. The van der Waals surface area contributed by atoms with E-state index in [-0.39, 0.29) is 5.91 Å². The quantitative estimate of drug-likeness (QED) is 0.760. The summed E-state index contributed by atoms with van der Waals surface area (Å²) in [6, 6.07) is 1.91. The van der Waals surface area contributed by atoms with Crippen molar-refractivity contribution in [1.29, 1.82) is 0 Å². The third kappa shape index (κ3) is 2.87. The molecule has 6 nitrogen and oxygen atoms in total. The number of hydrogen-bond donors (Lipinski definition) is 3. The number of nitrogens with two attached hydrogens (primary N) is 1. The van der Waals surface area contributed by atoms with Crippen molar-refractivity contribution in [3.8, 4) is 0 Å². The third-order valence-corrected chi connectivity index (χ3v) is 4.77. The number of anilines is 2. The van der Waals surface area contributed by atoms with Gasteiger partial charge in [-0.3, -0.25) is 9.48 Å². The molecule has 1 aliphatic rings. The number of carbonyl (C=O) groups excluding carboxylic acids is 1. The van der Waals surface area contributed by atoms with Crippen molar-refractivity contribution >= 4 is 27.9 Å². The van der Waals surface area contributed by atoms with Crippen LogP contribution in [0.4, 0.5) is 10.7 Å². The minimum Gasteiger partial charge on any atom is -0.397 e. The first-order chi connectivity index (χ1) is 10.2. The molecular weight excluding hydrogens is 286 g/mol. The molecule has 3 rings (SSSR count). The number of aromatic nitrogens is 2. The largest absolute Gasteiger partial charge is 0.397 e. The number of hydrogen-bond acceptors (Lipinski definition) is 5. The molecule has 0 aromatic carbocycles. The Labute approximate surface area is 127 Å². The topological polar surface area (TPSA) is 85.0 Å². The molecule has 0 atom stereocenters. The summed E-state index contributed by atoms with van der Waals surface area (Å²) >= 11 is 1.45. The second-order valence-corrected chi connectivity index (χ2v) is 6.16. The van der Waals surface area contributed by atoms with Gasteiger partial charge in [0, 0.05) is 31.5 Å². The summed E-state index contributed by atoms with van der Waals surface area (Å²) in [5, 5.41) is 11.3. The number of amides is 1. The first-order valence-electron chi connectivity index (χ1n) is 7.06. The van der Waals surface area contributed by atoms with Gasteiger partial charge in [0.25, 0.3) is 5.91 Å². The molecule has 112 valence electrons. The Morgan fingerprint density at radius 1 is 1.57 bits per heavy atom. The van der Waals surface area contributed by atoms with Crippen LogP contribution in [0.25, 0.3) is 0 Å². The third-order valence-electron chi connectivity index (χ3n) is 3.59. The predicted octanol–water partition coefficient (Wildman–Crippen LogP) is 1.88. The zero-order chi connectivity index (χ0) is 14.8. The van der Waals surface area contributed by atoms with Gasteiger partial charge in [-0.2, -0.15) is 5.10 Å². The maximum absolute atomic E-state index is 11.9. The van der Waals surface area contributed by atoms with Crippen molar-refractivity contribution in [3.63, 3.8) is 0 Å². The maximum Gasteiger partial charge on any atom is 0.263 e. The number of carbonyl (C=O) groups is 1. The first kappa shape index (κ1) is 13.9. The fraction of sp³-hybridized carbons (Fsp3) is 0.429. The lowest BCUT2D eigenvalue weighted by molar-refractivity contribution is 0.0968. The van der Waals surface area contributed by atoms with Gasteiger partial charge in [0.15, 0.2) is 0 Å². The number of rotatable bonds is 6. The zero-order valence-electron chi connectivity index (χ0n) is 11.9. The van der Waals surface area contributed by atoms with Gasteiger partial charge in [-0.1, -0.05) is 0 Å². The summed E-state index contributed by atoms with van der Waals surface area (Å²) in [7, 11) is 1.63. The lowest BCUT2D eigenvalue weighted by Crippen LogP contribution is -2.17. The fourth-order valence-electron chi connectivity index (χ4n) is 2.36. The van der Waals surface area contributed by atoms with E-state index < -0.39 is 0 Å². The predicted molar refractivity (Wildman–Crippen MR) is 84.8 cm³/mol. The molecule has 1 saturated carbocycles. The van der Waals surface area contributed by atoms with E-state index in [1.807, 2.05) is 16.9 Å². The summed E-state index contributed by atoms with van der Waals surface area (Å²) in [6.45, 7) is 1.54. The summed E-state index contributed by atoms with van der Waals surface area (Å²) in [5.41, 5.74) is 7.95. The van der Waals surface area contributed by atoms with Crippen LogP contribution in [0, 0.1) is 0 Å². The lowest BCUT2D eigenvalue weighted by Gasteiger charge is -2.07. The van der Waals surface area contributed by atoms with Crippen LogP contribution < -0.4 is 16.4 Å². The van der Waals surface area contributed by atoms with E-state index in [9.17, 15) is 4.79 Å². The van der Waals surface area contributed by atoms with Crippen molar-refractivity contribution in [2.45, 2.75) is 25.3 Å². The van der Waals surface area contributed by atoms with E-state index in [0.717, 1.165) is 36.5 Å². The highest BCUT2D eigenvalue weighted by Crippen LogP contribution is 2.50. The van der Waals surface area contributed by atoms with Crippen LogP contribution in [0.15, 0.2) is 18.5 Å². The van der Waals surface area contributed by atoms with Crippen molar-refractivity contribution in [2.24, 2.45) is 0 Å². The molecule has 1 amide bonds. The molecule has 4 N–H and O–H groups in total. The zero-order valence-corrected chi connectivity index (χ0v) is 12.7. The number of nitrogens with one attached hydrogen (secondary N) is 2. The Kier molecular flexibility index (Phi) is 3.83. The van der Waals surface area contributed by atoms with Crippen molar-refractivity contribution in [1.82, 2.24) is 15.1 Å². The van der Waals surface area contributed by atoms with E-state index in [4.69, 9.17) is 5.73 Å². The fourth-order valence-corrected chi connectivity index (χ4v) is 3.54. The van der Waals surface area contributed by atoms with Crippen LogP contribution in [0.2, 0.25) is 0 Å². The summed E-state index contributed by atoms with van der Waals surface area (Å²) in [4.78, 5) is 12.5. The van der Waals surface area contributed by atoms with Gasteiger partial charge in [-0.05, 0) is 24.8 Å². The normalized spacial score (nSPS) is 14.1. The molecule has 0 saturated heterocycles. The Hall–Kier alpha value is -2.02. The molecule has 21 heavy (non-hydrogen) atoms. The second-order valence-electron chi connectivity index (χ2n) is 5.14. The first-order valence-corrected chi connectivity index (χ1v) is 7.88. The van der Waals surface area contributed by atoms with Crippen molar-refractivity contribution in [2.75, 3.05) is 24.6 Å². The standard InChI is InChI=1S/C14H19N5OS/c1-16-13(20)12-11(15)10(9-3-4-9)14(21-12)17-6-8-19-7-2-5-18-19/h2,5,7,9,17H,3-4,6,8,15H2,1H3,(H,16,20). The minimum atomic E-state index is -0.112. The molecule has 0 aliphatic heterocycles. The number of nitrogen functional groups attached to an aromatic ring is 1. The Morgan fingerprint density at radius 2 is 2.38 bits per heavy atom. The SMILES string of the molecule is CNC(=O)c1sc(NCCn2cccn2)c(C2CC2)c1N. The molecule has 0 radical (unpaired) electrons. The Morgan fingerprint density at radius 3 is 3.00 bits per heavy atom. The maximum atomic E-state index is 11.9. The van der Waals surface area contributed by atoms with Gasteiger partial charge in [0.1, 0.15) is 4.88 Å². The molecule has 1 aliphatic carbocycles. The highest BCUT2D eigenvalue weighted by atomic mass is 32.1. The molecule has 0 spiro atoms. The highest BCUT2D eigenvalue weighted by molar-refractivity contribution is 7.18. The number of thiophene rings is 1. The number of nitrogens with zero attached hydrogens (tertiary/aromatic N) is 2.